The second-order valence-corrected chi connectivity index (χ2v) is 4.91. The number of hydrogen-bond donors (Lipinski definition) is 4. The smallest absolute Gasteiger partial charge is 0.136 e. The monoisotopic (exact) mass is 266 g/mol. The van der Waals surface area contributed by atoms with Crippen LogP contribution in [0.2, 0.25) is 0 Å². The quantitative estimate of drug-likeness (QED) is 0.560. The molecule has 1 unspecified atom stereocenters. The van der Waals surface area contributed by atoms with Crippen molar-refractivity contribution < 1.29 is 10.2 Å². The fourth-order valence-corrected chi connectivity index (χ4v) is 1.71. The maximum atomic E-state index is 9.35. The van der Waals surface area contributed by atoms with Crippen molar-refractivity contribution in [3.63, 3.8) is 0 Å². The van der Waals surface area contributed by atoms with Crippen molar-refractivity contribution in [3.05, 3.63) is 11.9 Å². The Morgan fingerprint density at radius 3 is 2.58 bits per heavy atom. The number of nitrogens with one attached hydrogen (secondary N) is 2. The molecule has 1 heterocycles. The lowest BCUT2D eigenvalue weighted by molar-refractivity contribution is 0.105. The molecule has 0 bridgehead atoms. The van der Waals surface area contributed by atoms with Crippen LogP contribution in [-0.2, 0) is 0 Å². The number of aliphatic hydroxyl groups is 2. The van der Waals surface area contributed by atoms with Gasteiger partial charge in [-0.3, -0.25) is 0 Å². The van der Waals surface area contributed by atoms with E-state index in [0.717, 1.165) is 37.4 Å². The van der Waals surface area contributed by atoms with Crippen LogP contribution in [-0.4, -0.2) is 46.0 Å². The average molecular weight is 266 g/mol. The summed E-state index contributed by atoms with van der Waals surface area (Å²) in [7, 11) is 0. The Morgan fingerprint density at radius 2 is 2.00 bits per heavy atom. The number of nitrogens with zero attached hydrogens (tertiary/aromatic N) is 2. The minimum Gasteiger partial charge on any atom is -0.394 e. The Labute approximate surface area is 113 Å². The molecular weight excluding hydrogens is 244 g/mol. The molecule has 1 aliphatic carbocycles. The molecule has 1 aromatic rings. The first kappa shape index (κ1) is 14.0. The second-order valence-electron chi connectivity index (χ2n) is 4.91. The molecular formula is C13H22N4O2. The molecule has 4 N–H and O–H groups in total. The number of aliphatic hydroxyl groups excluding tert-OH is 2. The van der Waals surface area contributed by atoms with E-state index in [1.807, 2.05) is 6.07 Å². The molecule has 6 nitrogen and oxygen atoms in total. The molecule has 0 aliphatic heterocycles. The standard InChI is InChI=1S/C13H22N4O2/c1-2-5-14-11-6-12(15-7-10(19)8-18)17-13(16-11)9-3-4-9/h6,9-10,18-19H,2-5,7-8H2,1H3,(H2,14,15,16,17). The third-order valence-electron chi connectivity index (χ3n) is 2.97. The largest absolute Gasteiger partial charge is 0.394 e. The van der Waals surface area contributed by atoms with Crippen molar-refractivity contribution in [1.82, 2.24) is 9.97 Å². The highest BCUT2D eigenvalue weighted by Gasteiger charge is 2.27. The summed E-state index contributed by atoms with van der Waals surface area (Å²) in [4.78, 5) is 8.96. The van der Waals surface area contributed by atoms with Gasteiger partial charge in [-0.25, -0.2) is 9.97 Å². The first-order valence-corrected chi connectivity index (χ1v) is 6.88. The van der Waals surface area contributed by atoms with Gasteiger partial charge in [-0.15, -0.1) is 0 Å². The SMILES string of the molecule is CCCNc1cc(NCC(O)CO)nc(C2CC2)n1. The lowest BCUT2D eigenvalue weighted by atomic mass is 10.3. The van der Waals surface area contributed by atoms with Gasteiger partial charge in [0.15, 0.2) is 0 Å². The molecule has 0 spiro atoms. The van der Waals surface area contributed by atoms with Crippen LogP contribution in [0.1, 0.15) is 37.9 Å². The zero-order valence-electron chi connectivity index (χ0n) is 11.3. The van der Waals surface area contributed by atoms with Gasteiger partial charge in [0.1, 0.15) is 17.5 Å². The molecule has 0 saturated heterocycles. The van der Waals surface area contributed by atoms with E-state index in [2.05, 4.69) is 27.5 Å². The topological polar surface area (TPSA) is 90.3 Å². The van der Waals surface area contributed by atoms with Crippen LogP contribution in [0.25, 0.3) is 0 Å². The Balaban J connectivity index is 2.05. The fourth-order valence-electron chi connectivity index (χ4n) is 1.71. The first-order chi connectivity index (χ1) is 9.22. The molecule has 0 aromatic carbocycles. The van der Waals surface area contributed by atoms with Gasteiger partial charge in [-0.2, -0.15) is 0 Å². The maximum absolute atomic E-state index is 9.35. The van der Waals surface area contributed by atoms with E-state index in [4.69, 9.17) is 5.11 Å². The molecule has 1 aromatic heterocycles. The number of rotatable bonds is 8. The highest BCUT2D eigenvalue weighted by atomic mass is 16.3. The molecule has 19 heavy (non-hydrogen) atoms. The molecule has 0 amide bonds. The molecule has 1 atom stereocenters. The Morgan fingerprint density at radius 1 is 1.32 bits per heavy atom. The highest BCUT2D eigenvalue weighted by Crippen LogP contribution is 2.38. The molecule has 1 aliphatic rings. The zero-order chi connectivity index (χ0) is 13.7. The van der Waals surface area contributed by atoms with Crippen LogP contribution < -0.4 is 10.6 Å². The van der Waals surface area contributed by atoms with Crippen molar-refractivity contribution in [2.75, 3.05) is 30.3 Å². The van der Waals surface area contributed by atoms with Gasteiger partial charge in [0.05, 0.1) is 12.7 Å². The summed E-state index contributed by atoms with van der Waals surface area (Å²) in [5, 5.41) is 24.4. The van der Waals surface area contributed by atoms with E-state index in [1.165, 1.54) is 0 Å². The van der Waals surface area contributed by atoms with Crippen LogP contribution in [0.3, 0.4) is 0 Å². The van der Waals surface area contributed by atoms with Gasteiger partial charge in [-0.05, 0) is 19.3 Å². The molecule has 2 rings (SSSR count). The predicted molar refractivity (Wildman–Crippen MR) is 74.4 cm³/mol. The van der Waals surface area contributed by atoms with Crippen LogP contribution in [0.4, 0.5) is 11.6 Å². The van der Waals surface area contributed by atoms with E-state index >= 15 is 0 Å². The summed E-state index contributed by atoms with van der Waals surface area (Å²) >= 11 is 0. The Kier molecular flexibility index (Phi) is 4.93. The van der Waals surface area contributed by atoms with Crippen molar-refractivity contribution >= 4 is 11.6 Å². The first-order valence-electron chi connectivity index (χ1n) is 6.88. The highest BCUT2D eigenvalue weighted by molar-refractivity contribution is 5.48. The van der Waals surface area contributed by atoms with Crippen molar-refractivity contribution in [2.24, 2.45) is 0 Å². The summed E-state index contributed by atoms with van der Waals surface area (Å²) in [6.45, 7) is 3.01. The van der Waals surface area contributed by atoms with Gasteiger partial charge in [0, 0.05) is 25.1 Å². The van der Waals surface area contributed by atoms with Crippen molar-refractivity contribution in [2.45, 2.75) is 38.2 Å². The lowest BCUT2D eigenvalue weighted by Crippen LogP contribution is -2.23. The number of aromatic nitrogens is 2. The third kappa shape index (κ3) is 4.33. The van der Waals surface area contributed by atoms with Gasteiger partial charge in [-0.1, -0.05) is 6.92 Å². The van der Waals surface area contributed by atoms with E-state index in [-0.39, 0.29) is 13.2 Å². The Bertz CT molecular complexity index is 410. The third-order valence-corrected chi connectivity index (χ3v) is 2.97. The van der Waals surface area contributed by atoms with E-state index in [9.17, 15) is 5.11 Å². The van der Waals surface area contributed by atoms with Gasteiger partial charge < -0.3 is 20.8 Å². The van der Waals surface area contributed by atoms with Crippen LogP contribution in [0.15, 0.2) is 6.07 Å². The molecule has 0 radical (unpaired) electrons. The van der Waals surface area contributed by atoms with Gasteiger partial charge in [0.2, 0.25) is 0 Å². The van der Waals surface area contributed by atoms with E-state index in [1.54, 1.807) is 0 Å². The average Bonchev–Trinajstić information content (AvgIpc) is 3.26. The minimum atomic E-state index is -0.772. The number of hydrogen-bond acceptors (Lipinski definition) is 6. The van der Waals surface area contributed by atoms with Gasteiger partial charge >= 0.3 is 0 Å². The maximum Gasteiger partial charge on any atom is 0.136 e. The summed E-state index contributed by atoms with van der Waals surface area (Å²) in [5.41, 5.74) is 0. The van der Waals surface area contributed by atoms with E-state index in [0.29, 0.717) is 11.7 Å². The lowest BCUT2D eigenvalue weighted by Gasteiger charge is -2.12. The second kappa shape index (κ2) is 6.68. The van der Waals surface area contributed by atoms with E-state index < -0.39 is 6.10 Å². The molecule has 1 saturated carbocycles. The zero-order valence-corrected chi connectivity index (χ0v) is 11.3. The van der Waals surface area contributed by atoms with Crippen LogP contribution >= 0.6 is 0 Å². The van der Waals surface area contributed by atoms with Crippen molar-refractivity contribution in [3.8, 4) is 0 Å². The predicted octanol–water partition coefficient (Wildman–Crippen LogP) is 0.941. The molecule has 1 fully saturated rings. The molecule has 6 heteroatoms. The van der Waals surface area contributed by atoms with Gasteiger partial charge in [0.25, 0.3) is 0 Å². The molecule has 106 valence electrons. The van der Waals surface area contributed by atoms with Crippen LogP contribution in [0, 0.1) is 0 Å². The summed E-state index contributed by atoms with van der Waals surface area (Å²) in [5.74, 6) is 2.86. The fraction of sp³-hybridized carbons (Fsp3) is 0.692. The van der Waals surface area contributed by atoms with Crippen LogP contribution in [0.5, 0.6) is 0 Å². The van der Waals surface area contributed by atoms with Crippen molar-refractivity contribution in [1.29, 1.82) is 0 Å². The number of anilines is 2. The Hall–Kier alpha value is -1.40. The normalized spacial score (nSPS) is 16.2. The summed E-state index contributed by atoms with van der Waals surface area (Å²) in [6, 6.07) is 1.84. The summed E-state index contributed by atoms with van der Waals surface area (Å²) in [6.07, 6.45) is 2.56. The minimum absolute atomic E-state index is 0.255. The summed E-state index contributed by atoms with van der Waals surface area (Å²) < 4.78 is 0.